The lowest BCUT2D eigenvalue weighted by Crippen LogP contribution is -2.47. The number of benzene rings is 2. The van der Waals surface area contributed by atoms with Gasteiger partial charge in [-0.1, -0.05) is 36.4 Å². The number of carbonyl (C=O) groups excluding carboxylic acids is 1. The largest absolute Gasteiger partial charge is 0.337 e. The molecule has 1 aliphatic rings. The van der Waals surface area contributed by atoms with Crippen LogP contribution < -0.4 is 0 Å². The molecule has 1 amide bonds. The topological polar surface area (TPSA) is 60.9 Å². The Labute approximate surface area is 167 Å². The highest BCUT2D eigenvalue weighted by molar-refractivity contribution is 7.89. The first-order valence-corrected chi connectivity index (χ1v) is 10.8. The maximum atomic E-state index is 13.1. The monoisotopic (exact) mass is 401 g/mol. The van der Waals surface area contributed by atoms with E-state index in [1.807, 2.05) is 37.4 Å². The highest BCUT2D eigenvalue weighted by Gasteiger charge is 2.29. The van der Waals surface area contributed by atoms with Crippen LogP contribution in [0.3, 0.4) is 0 Å². The number of amides is 1. The minimum Gasteiger partial charge on any atom is -0.337 e. The summed E-state index contributed by atoms with van der Waals surface area (Å²) in [6.45, 7) is 4.57. The van der Waals surface area contributed by atoms with E-state index in [-0.39, 0.29) is 10.8 Å². The van der Waals surface area contributed by atoms with E-state index in [2.05, 4.69) is 4.90 Å². The van der Waals surface area contributed by atoms with Crippen molar-refractivity contribution in [3.05, 3.63) is 65.2 Å². The molecule has 0 atom stereocenters. The normalized spacial score (nSPS) is 16.1. The smallest absolute Gasteiger partial charge is 0.253 e. The Bertz CT molecular complexity index is 937. The molecule has 0 aliphatic carbocycles. The van der Waals surface area contributed by atoms with Crippen LogP contribution in [0.25, 0.3) is 0 Å². The summed E-state index contributed by atoms with van der Waals surface area (Å²) in [7, 11) is 0.0884. The third-order valence-electron chi connectivity index (χ3n) is 5.12. The third-order valence-corrected chi connectivity index (χ3v) is 7.17. The van der Waals surface area contributed by atoms with Crippen molar-refractivity contribution < 1.29 is 13.2 Å². The number of rotatable bonds is 5. The van der Waals surface area contributed by atoms with Gasteiger partial charge in [0, 0.05) is 45.3 Å². The number of sulfonamides is 1. The Morgan fingerprint density at radius 3 is 2.32 bits per heavy atom. The van der Waals surface area contributed by atoms with Gasteiger partial charge in [-0.25, -0.2) is 8.42 Å². The maximum absolute atomic E-state index is 13.1. The number of hydrogen-bond donors (Lipinski definition) is 0. The molecule has 3 rings (SSSR count). The van der Waals surface area contributed by atoms with Crippen LogP contribution >= 0.6 is 0 Å². The molecule has 0 saturated carbocycles. The van der Waals surface area contributed by atoms with E-state index in [1.165, 1.54) is 10.4 Å². The van der Waals surface area contributed by atoms with Crippen molar-refractivity contribution in [3.63, 3.8) is 0 Å². The molecule has 28 heavy (non-hydrogen) atoms. The van der Waals surface area contributed by atoms with Gasteiger partial charge in [0.15, 0.2) is 0 Å². The fourth-order valence-electron chi connectivity index (χ4n) is 3.33. The summed E-state index contributed by atoms with van der Waals surface area (Å²) in [5, 5.41) is 0. The van der Waals surface area contributed by atoms with Gasteiger partial charge in [-0.3, -0.25) is 4.79 Å². The van der Waals surface area contributed by atoms with Crippen molar-refractivity contribution >= 4 is 15.9 Å². The van der Waals surface area contributed by atoms with Gasteiger partial charge < -0.3 is 9.80 Å². The molecule has 0 N–H and O–H groups in total. The van der Waals surface area contributed by atoms with Crippen molar-refractivity contribution in [2.75, 3.05) is 40.3 Å². The number of hydrogen-bond acceptors (Lipinski definition) is 4. The van der Waals surface area contributed by atoms with Crippen LogP contribution in [0.4, 0.5) is 0 Å². The molecule has 1 saturated heterocycles. The highest BCUT2D eigenvalue weighted by atomic mass is 32.2. The molecule has 6 nitrogen and oxygen atoms in total. The highest BCUT2D eigenvalue weighted by Crippen LogP contribution is 2.23. The Morgan fingerprint density at radius 1 is 1.04 bits per heavy atom. The van der Waals surface area contributed by atoms with Crippen molar-refractivity contribution in [3.8, 4) is 0 Å². The minimum atomic E-state index is -3.62. The SMILES string of the molecule is Cc1ccc(C(=O)N(C)Cc2ccccc2)cc1S(=O)(=O)N1CCN(C)CC1. The molecule has 2 aromatic carbocycles. The first kappa shape index (κ1) is 20.5. The van der Waals surface area contributed by atoms with E-state index in [0.717, 1.165) is 5.56 Å². The Kier molecular flexibility index (Phi) is 6.17. The molecule has 150 valence electrons. The molecular weight excluding hydrogens is 374 g/mol. The summed E-state index contributed by atoms with van der Waals surface area (Å²) in [6, 6.07) is 14.6. The minimum absolute atomic E-state index is 0.196. The van der Waals surface area contributed by atoms with E-state index >= 15 is 0 Å². The second-order valence-electron chi connectivity index (χ2n) is 7.33. The fraction of sp³-hybridized carbons (Fsp3) is 0.381. The van der Waals surface area contributed by atoms with E-state index < -0.39 is 10.0 Å². The van der Waals surface area contributed by atoms with Gasteiger partial charge in [0.05, 0.1) is 4.90 Å². The van der Waals surface area contributed by atoms with Gasteiger partial charge in [-0.15, -0.1) is 0 Å². The zero-order valence-electron chi connectivity index (χ0n) is 16.6. The second kappa shape index (κ2) is 8.43. The van der Waals surface area contributed by atoms with E-state index in [4.69, 9.17) is 0 Å². The average molecular weight is 402 g/mol. The summed E-state index contributed by atoms with van der Waals surface area (Å²) in [5.74, 6) is -0.196. The number of carbonyl (C=O) groups is 1. The summed E-state index contributed by atoms with van der Waals surface area (Å²) < 4.78 is 27.8. The van der Waals surface area contributed by atoms with Crippen molar-refractivity contribution in [1.29, 1.82) is 0 Å². The molecule has 1 heterocycles. The van der Waals surface area contributed by atoms with Crippen LogP contribution in [0.5, 0.6) is 0 Å². The van der Waals surface area contributed by atoms with Gasteiger partial charge in [0.1, 0.15) is 0 Å². The van der Waals surface area contributed by atoms with Crippen LogP contribution in [0.2, 0.25) is 0 Å². The summed E-state index contributed by atoms with van der Waals surface area (Å²) in [5.41, 5.74) is 2.06. The van der Waals surface area contributed by atoms with Crippen molar-refractivity contribution in [2.45, 2.75) is 18.4 Å². The first-order valence-electron chi connectivity index (χ1n) is 9.38. The lowest BCUT2D eigenvalue weighted by Gasteiger charge is -2.32. The molecule has 0 spiro atoms. The number of nitrogens with zero attached hydrogens (tertiary/aromatic N) is 3. The summed E-state index contributed by atoms with van der Waals surface area (Å²) >= 11 is 0. The maximum Gasteiger partial charge on any atom is 0.253 e. The van der Waals surface area contributed by atoms with E-state index in [0.29, 0.717) is 43.9 Å². The fourth-order valence-corrected chi connectivity index (χ4v) is 5.00. The van der Waals surface area contributed by atoms with Gasteiger partial charge in [-0.2, -0.15) is 4.31 Å². The average Bonchev–Trinajstić information content (AvgIpc) is 2.68. The zero-order chi connectivity index (χ0) is 20.3. The summed E-state index contributed by atoms with van der Waals surface area (Å²) in [4.78, 5) is 16.8. The van der Waals surface area contributed by atoms with Gasteiger partial charge in [0.2, 0.25) is 10.0 Å². The molecule has 2 aromatic rings. The first-order chi connectivity index (χ1) is 13.3. The van der Waals surface area contributed by atoms with Crippen LogP contribution in [-0.2, 0) is 16.6 Å². The molecule has 1 aliphatic heterocycles. The van der Waals surface area contributed by atoms with E-state index in [9.17, 15) is 13.2 Å². The zero-order valence-corrected chi connectivity index (χ0v) is 17.4. The van der Waals surface area contributed by atoms with Crippen molar-refractivity contribution in [2.24, 2.45) is 0 Å². The summed E-state index contributed by atoms with van der Waals surface area (Å²) in [6.07, 6.45) is 0. The van der Waals surface area contributed by atoms with Crippen LogP contribution in [-0.4, -0.2) is 68.7 Å². The second-order valence-corrected chi connectivity index (χ2v) is 9.24. The van der Waals surface area contributed by atoms with Gasteiger partial charge in [-0.05, 0) is 37.2 Å². The van der Waals surface area contributed by atoms with Crippen molar-refractivity contribution in [1.82, 2.24) is 14.1 Å². The number of likely N-dealkylation sites (N-methyl/N-ethyl adjacent to an activating group) is 1. The molecule has 0 aromatic heterocycles. The molecular formula is C21H27N3O3S. The Hall–Kier alpha value is -2.22. The molecule has 0 radical (unpaired) electrons. The predicted molar refractivity (Wildman–Crippen MR) is 110 cm³/mol. The molecule has 0 unspecified atom stereocenters. The van der Waals surface area contributed by atoms with E-state index in [1.54, 1.807) is 31.0 Å². The number of piperazine rings is 1. The molecule has 0 bridgehead atoms. The molecule has 7 heteroatoms. The molecule has 1 fully saturated rings. The lowest BCUT2D eigenvalue weighted by atomic mass is 10.1. The Morgan fingerprint density at radius 2 is 1.68 bits per heavy atom. The lowest BCUT2D eigenvalue weighted by molar-refractivity contribution is 0.0785. The standard InChI is InChI=1S/C21H27N3O3S/c1-17-9-10-19(21(25)23(3)16-18-7-5-4-6-8-18)15-20(17)28(26,27)24-13-11-22(2)12-14-24/h4-10,15H,11-14,16H2,1-3H3. The number of aryl methyl sites for hydroxylation is 1. The van der Waals surface area contributed by atoms with Gasteiger partial charge >= 0.3 is 0 Å². The third kappa shape index (κ3) is 4.43. The van der Waals surface area contributed by atoms with Crippen LogP contribution in [0.15, 0.2) is 53.4 Å². The van der Waals surface area contributed by atoms with Gasteiger partial charge in [0.25, 0.3) is 5.91 Å². The quantitative estimate of drug-likeness (QED) is 0.771. The Balaban J connectivity index is 1.83. The predicted octanol–water partition coefficient (Wildman–Crippen LogP) is 2.20. The van der Waals surface area contributed by atoms with Crippen LogP contribution in [0, 0.1) is 6.92 Å². The van der Waals surface area contributed by atoms with Crippen LogP contribution in [0.1, 0.15) is 21.5 Å².